The standard InChI is InChI=1S/C24H26N2O2/c1-17(18-13-14-18)26(2)22(27)16-15-21-25-23(19-9-5-3-6-10-19)24(28-21)20-11-7-4-8-12-20/h3-12,17-18H,13-16H2,1-2H3. The van der Waals surface area contributed by atoms with E-state index >= 15 is 0 Å². The van der Waals surface area contributed by atoms with Gasteiger partial charge in [0, 0.05) is 37.1 Å². The van der Waals surface area contributed by atoms with E-state index in [1.807, 2.05) is 72.6 Å². The molecule has 1 fully saturated rings. The van der Waals surface area contributed by atoms with E-state index in [0.29, 0.717) is 30.7 Å². The van der Waals surface area contributed by atoms with Gasteiger partial charge in [-0.25, -0.2) is 4.98 Å². The van der Waals surface area contributed by atoms with Crippen molar-refractivity contribution in [1.29, 1.82) is 0 Å². The molecule has 1 aliphatic rings. The van der Waals surface area contributed by atoms with E-state index in [9.17, 15) is 4.79 Å². The first-order valence-corrected chi connectivity index (χ1v) is 9.99. The van der Waals surface area contributed by atoms with Crippen LogP contribution in [0.4, 0.5) is 0 Å². The fourth-order valence-corrected chi connectivity index (χ4v) is 3.56. The second kappa shape index (κ2) is 8.01. The molecule has 1 heterocycles. The Morgan fingerprint density at radius 3 is 2.29 bits per heavy atom. The second-order valence-corrected chi connectivity index (χ2v) is 7.60. The number of oxazole rings is 1. The van der Waals surface area contributed by atoms with Crippen molar-refractivity contribution in [2.45, 2.75) is 38.6 Å². The number of carbonyl (C=O) groups excluding carboxylic acids is 1. The molecule has 1 saturated carbocycles. The summed E-state index contributed by atoms with van der Waals surface area (Å²) in [5.74, 6) is 2.19. The van der Waals surface area contributed by atoms with Gasteiger partial charge in [0.05, 0.1) is 0 Å². The molecule has 4 nitrogen and oxygen atoms in total. The first kappa shape index (κ1) is 18.5. The molecule has 0 radical (unpaired) electrons. The number of nitrogens with zero attached hydrogens (tertiary/aromatic N) is 2. The summed E-state index contributed by atoms with van der Waals surface area (Å²) in [6, 6.07) is 20.4. The number of hydrogen-bond acceptors (Lipinski definition) is 3. The van der Waals surface area contributed by atoms with Gasteiger partial charge in [0.25, 0.3) is 0 Å². The predicted molar refractivity (Wildman–Crippen MR) is 111 cm³/mol. The molecule has 1 aliphatic carbocycles. The summed E-state index contributed by atoms with van der Waals surface area (Å²) < 4.78 is 6.12. The Bertz CT molecular complexity index is 873. The maximum Gasteiger partial charge on any atom is 0.223 e. The lowest BCUT2D eigenvalue weighted by Crippen LogP contribution is -2.36. The third kappa shape index (κ3) is 4.01. The average Bonchev–Trinajstić information content (AvgIpc) is 3.51. The Morgan fingerprint density at radius 1 is 1.07 bits per heavy atom. The third-order valence-electron chi connectivity index (χ3n) is 5.62. The first-order chi connectivity index (χ1) is 13.6. The van der Waals surface area contributed by atoms with Gasteiger partial charge < -0.3 is 9.32 Å². The molecule has 0 spiro atoms. The van der Waals surface area contributed by atoms with Crippen molar-refractivity contribution >= 4 is 5.91 Å². The quantitative estimate of drug-likeness (QED) is 0.571. The Balaban J connectivity index is 1.55. The van der Waals surface area contributed by atoms with Gasteiger partial charge in [-0.1, -0.05) is 60.7 Å². The average molecular weight is 374 g/mol. The van der Waals surface area contributed by atoms with Gasteiger partial charge in [0.2, 0.25) is 5.91 Å². The SMILES string of the molecule is CC(C1CC1)N(C)C(=O)CCc1nc(-c2ccccc2)c(-c2ccccc2)o1. The van der Waals surface area contributed by atoms with Crippen molar-refractivity contribution in [3.05, 3.63) is 66.6 Å². The Hall–Kier alpha value is -2.88. The van der Waals surface area contributed by atoms with Crippen LogP contribution in [0.15, 0.2) is 65.1 Å². The van der Waals surface area contributed by atoms with Gasteiger partial charge in [0.15, 0.2) is 11.7 Å². The first-order valence-electron chi connectivity index (χ1n) is 9.99. The minimum atomic E-state index is 0.153. The molecular formula is C24H26N2O2. The zero-order valence-electron chi connectivity index (χ0n) is 16.5. The molecule has 28 heavy (non-hydrogen) atoms. The van der Waals surface area contributed by atoms with Crippen molar-refractivity contribution < 1.29 is 9.21 Å². The number of aromatic nitrogens is 1. The molecule has 4 rings (SSSR count). The predicted octanol–water partition coefficient (Wildman–Crippen LogP) is 5.20. The van der Waals surface area contributed by atoms with Crippen LogP contribution >= 0.6 is 0 Å². The van der Waals surface area contributed by atoms with Crippen LogP contribution in [0.1, 0.15) is 32.1 Å². The largest absolute Gasteiger partial charge is 0.440 e. The molecule has 0 aliphatic heterocycles. The van der Waals surface area contributed by atoms with Crippen LogP contribution in [0.5, 0.6) is 0 Å². The molecule has 3 aromatic rings. The lowest BCUT2D eigenvalue weighted by Gasteiger charge is -2.24. The topological polar surface area (TPSA) is 46.3 Å². The van der Waals surface area contributed by atoms with Gasteiger partial charge in [-0.05, 0) is 25.7 Å². The van der Waals surface area contributed by atoms with Crippen LogP contribution in [0.25, 0.3) is 22.6 Å². The summed E-state index contributed by atoms with van der Waals surface area (Å²) >= 11 is 0. The molecule has 0 bridgehead atoms. The number of amides is 1. The normalized spacial score (nSPS) is 14.6. The molecule has 144 valence electrons. The number of rotatable bonds is 7. The third-order valence-corrected chi connectivity index (χ3v) is 5.62. The minimum Gasteiger partial charge on any atom is -0.440 e. The van der Waals surface area contributed by atoms with Gasteiger partial charge in [-0.2, -0.15) is 0 Å². The van der Waals surface area contributed by atoms with Crippen molar-refractivity contribution in [3.8, 4) is 22.6 Å². The summed E-state index contributed by atoms with van der Waals surface area (Å²) in [6.07, 6.45) is 3.39. The Labute approximate surface area is 166 Å². The summed E-state index contributed by atoms with van der Waals surface area (Å²) in [5.41, 5.74) is 2.84. The van der Waals surface area contributed by atoms with E-state index in [0.717, 1.165) is 22.6 Å². The lowest BCUT2D eigenvalue weighted by molar-refractivity contribution is -0.132. The Kier molecular flexibility index (Phi) is 5.29. The van der Waals surface area contributed by atoms with E-state index in [4.69, 9.17) is 9.40 Å². The zero-order valence-corrected chi connectivity index (χ0v) is 16.5. The van der Waals surface area contributed by atoms with Crippen molar-refractivity contribution in [1.82, 2.24) is 9.88 Å². The second-order valence-electron chi connectivity index (χ2n) is 7.60. The van der Waals surface area contributed by atoms with E-state index in [1.165, 1.54) is 12.8 Å². The van der Waals surface area contributed by atoms with Crippen LogP contribution in [-0.4, -0.2) is 28.9 Å². The zero-order chi connectivity index (χ0) is 19.5. The molecule has 4 heteroatoms. The van der Waals surface area contributed by atoms with E-state index in [2.05, 4.69) is 6.92 Å². The summed E-state index contributed by atoms with van der Waals surface area (Å²) in [4.78, 5) is 19.2. The molecule has 0 saturated heterocycles. The summed E-state index contributed by atoms with van der Waals surface area (Å²) in [6.45, 7) is 2.14. The highest BCUT2D eigenvalue weighted by Crippen LogP contribution is 2.35. The molecule has 1 amide bonds. The van der Waals surface area contributed by atoms with Crippen molar-refractivity contribution in [2.24, 2.45) is 5.92 Å². The number of carbonyl (C=O) groups is 1. The van der Waals surface area contributed by atoms with E-state index < -0.39 is 0 Å². The molecule has 1 atom stereocenters. The van der Waals surface area contributed by atoms with Crippen LogP contribution in [0.2, 0.25) is 0 Å². The van der Waals surface area contributed by atoms with Gasteiger partial charge in [-0.3, -0.25) is 4.79 Å². The van der Waals surface area contributed by atoms with Crippen LogP contribution in [0.3, 0.4) is 0 Å². The molecule has 1 aromatic heterocycles. The highest BCUT2D eigenvalue weighted by atomic mass is 16.4. The highest BCUT2D eigenvalue weighted by molar-refractivity contribution is 5.78. The van der Waals surface area contributed by atoms with Gasteiger partial charge >= 0.3 is 0 Å². The maximum atomic E-state index is 12.6. The van der Waals surface area contributed by atoms with Gasteiger partial charge in [0.1, 0.15) is 5.69 Å². The van der Waals surface area contributed by atoms with Gasteiger partial charge in [-0.15, -0.1) is 0 Å². The van der Waals surface area contributed by atoms with Crippen molar-refractivity contribution in [3.63, 3.8) is 0 Å². The molecular weight excluding hydrogens is 348 g/mol. The molecule has 0 N–H and O–H groups in total. The minimum absolute atomic E-state index is 0.153. The summed E-state index contributed by atoms with van der Waals surface area (Å²) in [5, 5.41) is 0. The maximum absolute atomic E-state index is 12.6. The van der Waals surface area contributed by atoms with E-state index in [-0.39, 0.29) is 5.91 Å². The number of aryl methyl sites for hydroxylation is 1. The Morgan fingerprint density at radius 2 is 1.68 bits per heavy atom. The lowest BCUT2D eigenvalue weighted by atomic mass is 10.1. The van der Waals surface area contributed by atoms with Crippen molar-refractivity contribution in [2.75, 3.05) is 7.05 Å². The number of benzene rings is 2. The van der Waals surface area contributed by atoms with Crippen LogP contribution in [-0.2, 0) is 11.2 Å². The number of hydrogen-bond donors (Lipinski definition) is 0. The monoisotopic (exact) mass is 374 g/mol. The molecule has 1 unspecified atom stereocenters. The molecule has 2 aromatic carbocycles. The van der Waals surface area contributed by atoms with Crippen LogP contribution < -0.4 is 0 Å². The fourth-order valence-electron chi connectivity index (χ4n) is 3.56. The van der Waals surface area contributed by atoms with E-state index in [1.54, 1.807) is 0 Å². The van der Waals surface area contributed by atoms with Crippen LogP contribution in [0, 0.1) is 5.92 Å². The smallest absolute Gasteiger partial charge is 0.223 e. The fraction of sp³-hybridized carbons (Fsp3) is 0.333. The highest BCUT2D eigenvalue weighted by Gasteiger charge is 2.32. The summed E-state index contributed by atoms with van der Waals surface area (Å²) in [7, 11) is 1.91.